The van der Waals surface area contributed by atoms with E-state index < -0.39 is 42.2 Å². The van der Waals surface area contributed by atoms with Gasteiger partial charge in [0.05, 0.1) is 25.5 Å². The number of hydrogen-bond donors (Lipinski definition) is 2. The average molecular weight is 383 g/mol. The summed E-state index contributed by atoms with van der Waals surface area (Å²) >= 11 is 0. The van der Waals surface area contributed by atoms with Crippen molar-refractivity contribution in [3.05, 3.63) is 17.5 Å². The number of carbonyl (C=O) groups excluding carboxylic acids is 2. The fourth-order valence-electron chi connectivity index (χ4n) is 2.37. The minimum absolute atomic E-state index is 0.0978. The highest BCUT2D eigenvalue weighted by molar-refractivity contribution is 5.96. The van der Waals surface area contributed by atoms with Crippen molar-refractivity contribution in [1.29, 1.82) is 0 Å². The highest BCUT2D eigenvalue weighted by Crippen LogP contribution is 2.33. The Labute approximate surface area is 146 Å². The van der Waals surface area contributed by atoms with Crippen molar-refractivity contribution in [2.45, 2.75) is 25.9 Å². The van der Waals surface area contributed by atoms with Crippen LogP contribution in [0.2, 0.25) is 0 Å². The zero-order chi connectivity index (χ0) is 20.1. The van der Waals surface area contributed by atoms with Crippen LogP contribution in [0.4, 0.5) is 13.2 Å². The van der Waals surface area contributed by atoms with Crippen molar-refractivity contribution in [2.75, 3.05) is 19.8 Å². The normalized spacial score (nSPS) is 13.2. The number of aromatic nitrogens is 2. The molecule has 0 saturated carbocycles. The molecule has 0 bridgehead atoms. The molecule has 0 radical (unpaired) electrons. The Hall–Kier alpha value is -2.18. The molecule has 0 aliphatic heterocycles. The topological polar surface area (TPSA) is 114 Å². The summed E-state index contributed by atoms with van der Waals surface area (Å²) in [5, 5.41) is 21.6. The third kappa shape index (κ3) is 5.41. The Kier molecular flexibility index (Phi) is 7.54. The summed E-state index contributed by atoms with van der Waals surface area (Å²) in [5.41, 5.74) is -1.48. The minimum Gasteiger partial charge on any atom is -0.465 e. The lowest BCUT2D eigenvalue weighted by atomic mass is 9.89. The Morgan fingerprint density at radius 1 is 1.23 bits per heavy atom. The molecule has 0 aromatic carbocycles. The predicted octanol–water partition coefficient (Wildman–Crippen LogP) is 1.35. The molecule has 0 spiro atoms. The molecule has 26 heavy (non-hydrogen) atoms. The lowest BCUT2D eigenvalue weighted by molar-refractivity contribution is -0.309. The standard InChI is InChI=1S/C14H20F3N3O6/c1-4-25-12(21)11(13(22)26-5-2)8(7-20(23)24)9-6-10(14(15,16)17)19(3)18-9/h6,8,11,23-24H,4-5,7H2,1-3H3/t8-/m1/s1. The monoisotopic (exact) mass is 383 g/mol. The summed E-state index contributed by atoms with van der Waals surface area (Å²) in [6, 6.07) is 0.625. The molecule has 1 heterocycles. The summed E-state index contributed by atoms with van der Waals surface area (Å²) in [6.45, 7) is 1.97. The van der Waals surface area contributed by atoms with Gasteiger partial charge in [0.2, 0.25) is 0 Å². The number of ether oxygens (including phenoxy) is 2. The van der Waals surface area contributed by atoms with Gasteiger partial charge in [0.15, 0.2) is 5.92 Å². The molecular weight excluding hydrogens is 363 g/mol. The van der Waals surface area contributed by atoms with Crippen LogP contribution in [-0.4, -0.2) is 57.1 Å². The number of alkyl halides is 3. The van der Waals surface area contributed by atoms with Crippen LogP contribution in [-0.2, 0) is 32.3 Å². The Morgan fingerprint density at radius 2 is 1.73 bits per heavy atom. The first kappa shape index (κ1) is 21.9. The number of nitrogens with zero attached hydrogens (tertiary/aromatic N) is 3. The second kappa shape index (κ2) is 8.96. The molecule has 0 fully saturated rings. The van der Waals surface area contributed by atoms with Gasteiger partial charge in [0.1, 0.15) is 5.69 Å². The minimum atomic E-state index is -4.73. The number of carbonyl (C=O) groups is 2. The van der Waals surface area contributed by atoms with Crippen molar-refractivity contribution < 1.29 is 42.6 Å². The van der Waals surface area contributed by atoms with Gasteiger partial charge in [-0.15, -0.1) is 0 Å². The van der Waals surface area contributed by atoms with Crippen LogP contribution in [0.1, 0.15) is 31.2 Å². The van der Waals surface area contributed by atoms with Crippen LogP contribution in [0.3, 0.4) is 0 Å². The zero-order valence-corrected chi connectivity index (χ0v) is 14.4. The van der Waals surface area contributed by atoms with E-state index in [1.54, 1.807) is 0 Å². The number of hydrogen-bond acceptors (Lipinski definition) is 8. The Bertz CT molecular complexity index is 614. The molecular formula is C14H20F3N3O6. The molecule has 1 atom stereocenters. The summed E-state index contributed by atoms with van der Waals surface area (Å²) in [7, 11) is 1.03. The van der Waals surface area contributed by atoms with E-state index in [1.807, 2.05) is 0 Å². The van der Waals surface area contributed by atoms with Crippen molar-refractivity contribution in [2.24, 2.45) is 13.0 Å². The van der Waals surface area contributed by atoms with E-state index >= 15 is 0 Å². The van der Waals surface area contributed by atoms with E-state index in [4.69, 9.17) is 19.9 Å². The van der Waals surface area contributed by atoms with Crippen LogP contribution < -0.4 is 0 Å². The molecule has 1 aromatic rings. The molecule has 0 saturated heterocycles. The first-order chi connectivity index (χ1) is 12.0. The molecule has 2 N–H and O–H groups in total. The van der Waals surface area contributed by atoms with Crippen LogP contribution in [0.5, 0.6) is 0 Å². The molecule has 9 nitrogen and oxygen atoms in total. The molecule has 0 amide bonds. The highest BCUT2D eigenvalue weighted by atomic mass is 19.4. The molecule has 12 heteroatoms. The number of halogens is 3. The molecule has 148 valence electrons. The average Bonchev–Trinajstić information content (AvgIpc) is 2.88. The van der Waals surface area contributed by atoms with Crippen LogP contribution in [0.25, 0.3) is 0 Å². The number of esters is 2. The lowest BCUT2D eigenvalue weighted by Gasteiger charge is -2.23. The zero-order valence-electron chi connectivity index (χ0n) is 14.4. The third-order valence-corrected chi connectivity index (χ3v) is 3.41. The van der Waals surface area contributed by atoms with Gasteiger partial charge in [-0.05, 0) is 19.9 Å². The molecule has 1 rings (SSSR count). The molecule has 0 unspecified atom stereocenters. The second-order valence-electron chi connectivity index (χ2n) is 5.22. The van der Waals surface area contributed by atoms with Crippen molar-refractivity contribution in [3.63, 3.8) is 0 Å². The maximum absolute atomic E-state index is 13.0. The van der Waals surface area contributed by atoms with E-state index in [-0.39, 0.29) is 24.1 Å². The van der Waals surface area contributed by atoms with Crippen LogP contribution in [0.15, 0.2) is 6.07 Å². The van der Waals surface area contributed by atoms with Gasteiger partial charge in [0.25, 0.3) is 0 Å². The summed E-state index contributed by atoms with van der Waals surface area (Å²) in [5.74, 6) is -5.33. The summed E-state index contributed by atoms with van der Waals surface area (Å²) in [4.78, 5) is 24.4. The lowest BCUT2D eigenvalue weighted by Crippen LogP contribution is -2.38. The van der Waals surface area contributed by atoms with Gasteiger partial charge >= 0.3 is 18.1 Å². The van der Waals surface area contributed by atoms with Crippen molar-refractivity contribution >= 4 is 11.9 Å². The highest BCUT2D eigenvalue weighted by Gasteiger charge is 2.43. The maximum Gasteiger partial charge on any atom is 0.433 e. The summed E-state index contributed by atoms with van der Waals surface area (Å²) in [6.07, 6.45) is -4.73. The largest absolute Gasteiger partial charge is 0.465 e. The SMILES string of the molecule is CCOC(=O)C(C(=O)OCC)[C@H](CN(O)O)c1cc(C(F)(F)F)n(C)n1. The molecule has 0 aliphatic carbocycles. The van der Waals surface area contributed by atoms with Gasteiger partial charge in [-0.2, -0.15) is 18.3 Å². The number of aryl methyl sites for hydroxylation is 1. The van der Waals surface area contributed by atoms with Crippen molar-refractivity contribution in [1.82, 2.24) is 15.0 Å². The van der Waals surface area contributed by atoms with Gasteiger partial charge in [0, 0.05) is 13.0 Å². The van der Waals surface area contributed by atoms with E-state index in [0.29, 0.717) is 10.7 Å². The summed E-state index contributed by atoms with van der Waals surface area (Å²) < 4.78 is 49.1. The number of hydroxylamine groups is 2. The third-order valence-electron chi connectivity index (χ3n) is 3.41. The predicted molar refractivity (Wildman–Crippen MR) is 78.0 cm³/mol. The first-order valence-electron chi connectivity index (χ1n) is 7.62. The van der Waals surface area contributed by atoms with Crippen molar-refractivity contribution in [3.8, 4) is 0 Å². The quantitative estimate of drug-likeness (QED) is 0.393. The van der Waals surface area contributed by atoms with Gasteiger partial charge in [-0.25, -0.2) is 0 Å². The Morgan fingerprint density at radius 3 is 2.08 bits per heavy atom. The van der Waals surface area contributed by atoms with E-state index in [0.717, 1.165) is 7.05 Å². The number of rotatable bonds is 8. The van der Waals surface area contributed by atoms with Gasteiger partial charge < -0.3 is 9.47 Å². The Balaban J connectivity index is 3.40. The van der Waals surface area contributed by atoms with E-state index in [1.165, 1.54) is 13.8 Å². The van der Waals surface area contributed by atoms with Crippen LogP contribution >= 0.6 is 0 Å². The van der Waals surface area contributed by atoms with E-state index in [2.05, 4.69) is 5.10 Å². The smallest absolute Gasteiger partial charge is 0.433 e. The second-order valence-corrected chi connectivity index (χ2v) is 5.22. The van der Waals surface area contributed by atoms with E-state index in [9.17, 15) is 22.8 Å². The fourth-order valence-corrected chi connectivity index (χ4v) is 2.37. The van der Waals surface area contributed by atoms with Crippen LogP contribution in [0, 0.1) is 5.92 Å². The van der Waals surface area contributed by atoms with Gasteiger partial charge in [-0.3, -0.25) is 24.7 Å². The fraction of sp³-hybridized carbons (Fsp3) is 0.643. The molecule has 1 aromatic heterocycles. The van der Waals surface area contributed by atoms with Gasteiger partial charge in [-0.1, -0.05) is 5.23 Å². The first-order valence-corrected chi connectivity index (χ1v) is 7.62. The maximum atomic E-state index is 13.0. The molecule has 0 aliphatic rings.